The number of allylic oxidation sites excluding steroid dienone is 1. The van der Waals surface area contributed by atoms with Crippen LogP contribution in [-0.2, 0) is 9.47 Å². The van der Waals surface area contributed by atoms with E-state index in [4.69, 9.17) is 42.6 Å². The highest BCUT2D eigenvalue weighted by molar-refractivity contribution is 9.09. The number of aliphatic hydroxyl groups is 1. The highest BCUT2D eigenvalue weighted by atomic mass is 79.9. The topological polar surface area (TPSA) is 112 Å². The molecule has 0 radical (unpaired) electrons. The number of fused-ring (bicyclic) bond motifs is 4. The van der Waals surface area contributed by atoms with Crippen LogP contribution in [0, 0.1) is 0 Å². The number of piperazine rings is 2. The van der Waals surface area contributed by atoms with Crippen molar-refractivity contribution < 1.29 is 24.2 Å². The summed E-state index contributed by atoms with van der Waals surface area (Å²) in [6.07, 6.45) is 7.32. The fourth-order valence-electron chi connectivity index (χ4n) is 8.44. The molecule has 14 heteroatoms. The van der Waals surface area contributed by atoms with E-state index >= 15 is 0 Å². The number of amides is 2. The first-order valence-electron chi connectivity index (χ1n) is 21.0. The van der Waals surface area contributed by atoms with Crippen LogP contribution in [0.5, 0.6) is 0 Å². The molecule has 11 nitrogen and oxygen atoms in total. The molecule has 4 heterocycles. The molecular formula is C48H55BrCl2N6O5. The summed E-state index contributed by atoms with van der Waals surface area (Å²) in [5, 5.41) is 12.1. The Bertz CT molecular complexity index is 2180. The quantitative estimate of drug-likeness (QED) is 0.200. The van der Waals surface area contributed by atoms with E-state index < -0.39 is 11.2 Å². The Hall–Kier alpha value is -4.30. The van der Waals surface area contributed by atoms with Gasteiger partial charge in [0.05, 0.1) is 30.1 Å². The Labute approximate surface area is 383 Å². The Kier molecular flexibility index (Phi) is 14.2. The van der Waals surface area contributed by atoms with E-state index in [0.29, 0.717) is 44.3 Å². The van der Waals surface area contributed by atoms with Crippen LogP contribution in [0.15, 0.2) is 73.1 Å². The van der Waals surface area contributed by atoms with Gasteiger partial charge in [-0.2, -0.15) is 0 Å². The summed E-state index contributed by atoms with van der Waals surface area (Å²) in [6.45, 7) is 16.5. The van der Waals surface area contributed by atoms with Crippen LogP contribution < -0.4 is 0 Å². The average Bonchev–Trinajstić information content (AvgIpc) is 3.46. The van der Waals surface area contributed by atoms with E-state index in [1.807, 2.05) is 102 Å². The number of carbonyl (C=O) groups excluding carboxylic acids is 2. The van der Waals surface area contributed by atoms with Gasteiger partial charge in [0.15, 0.2) is 0 Å². The minimum Gasteiger partial charge on any atom is -0.444 e. The summed E-state index contributed by atoms with van der Waals surface area (Å²) >= 11 is 16.3. The van der Waals surface area contributed by atoms with Gasteiger partial charge in [0.25, 0.3) is 0 Å². The highest BCUT2D eigenvalue weighted by Gasteiger charge is 2.36. The first kappa shape index (κ1) is 45.7. The second-order valence-corrected chi connectivity index (χ2v) is 19.3. The molecule has 0 spiro atoms. The molecule has 2 aromatic heterocycles. The largest absolute Gasteiger partial charge is 0.444 e. The Morgan fingerprint density at radius 1 is 0.661 bits per heavy atom. The van der Waals surface area contributed by atoms with Crippen molar-refractivity contribution in [2.24, 2.45) is 0 Å². The number of pyridine rings is 2. The molecule has 2 amide bonds. The maximum Gasteiger partial charge on any atom is 0.410 e. The maximum atomic E-state index is 12.5. The van der Waals surface area contributed by atoms with Gasteiger partial charge in [0.2, 0.25) is 0 Å². The lowest BCUT2D eigenvalue weighted by Crippen LogP contribution is -2.51. The number of carbonyl (C=O) groups is 2. The van der Waals surface area contributed by atoms with E-state index in [1.165, 1.54) is 11.1 Å². The highest BCUT2D eigenvalue weighted by Crippen LogP contribution is 2.42. The van der Waals surface area contributed by atoms with Crippen LogP contribution in [0.25, 0.3) is 23.3 Å². The Balaban J connectivity index is 0.000000186. The van der Waals surface area contributed by atoms with E-state index in [2.05, 4.69) is 43.9 Å². The summed E-state index contributed by atoms with van der Waals surface area (Å²) in [7, 11) is 0. The molecule has 8 rings (SSSR count). The first-order valence-corrected chi connectivity index (χ1v) is 22.9. The van der Waals surface area contributed by atoms with Crippen molar-refractivity contribution >= 4 is 74.6 Å². The van der Waals surface area contributed by atoms with Gasteiger partial charge in [-0.25, -0.2) is 9.59 Å². The molecule has 4 aliphatic rings. The summed E-state index contributed by atoms with van der Waals surface area (Å²) in [5.41, 5.74) is 9.41. The fraction of sp³-hybridized carbons (Fsp3) is 0.417. The molecule has 328 valence electrons. The van der Waals surface area contributed by atoms with Crippen molar-refractivity contribution in [3.05, 3.63) is 128 Å². The van der Waals surface area contributed by atoms with Crippen LogP contribution in [0.4, 0.5) is 9.59 Å². The van der Waals surface area contributed by atoms with Gasteiger partial charge in [0.1, 0.15) is 11.2 Å². The predicted molar refractivity (Wildman–Crippen MR) is 250 cm³/mol. The molecule has 1 N–H and O–H groups in total. The van der Waals surface area contributed by atoms with Crippen LogP contribution in [0.3, 0.4) is 0 Å². The summed E-state index contributed by atoms with van der Waals surface area (Å²) in [4.78, 5) is 42.8. The molecular weight excluding hydrogens is 891 g/mol. The summed E-state index contributed by atoms with van der Waals surface area (Å²) in [5.74, 6) is 0. The second-order valence-electron chi connectivity index (χ2n) is 17.9. The van der Waals surface area contributed by atoms with Crippen LogP contribution in [0.1, 0.15) is 98.4 Å². The number of rotatable bonds is 4. The zero-order valence-corrected chi connectivity index (χ0v) is 39.3. The van der Waals surface area contributed by atoms with Gasteiger partial charge >= 0.3 is 12.2 Å². The van der Waals surface area contributed by atoms with Gasteiger partial charge in [-0.05, 0) is 135 Å². The molecule has 2 atom stereocenters. The Morgan fingerprint density at radius 2 is 1.06 bits per heavy atom. The maximum absolute atomic E-state index is 12.5. The van der Waals surface area contributed by atoms with Gasteiger partial charge in [-0.1, -0.05) is 63.4 Å². The van der Waals surface area contributed by atoms with Crippen LogP contribution >= 0.6 is 39.1 Å². The van der Waals surface area contributed by atoms with E-state index in [0.717, 1.165) is 68.2 Å². The van der Waals surface area contributed by atoms with Crippen molar-refractivity contribution in [2.75, 3.05) is 64.3 Å². The van der Waals surface area contributed by atoms with E-state index in [9.17, 15) is 14.7 Å². The van der Waals surface area contributed by atoms with Gasteiger partial charge in [0, 0.05) is 80.1 Å². The third kappa shape index (κ3) is 10.5. The number of hydrogen-bond donors (Lipinski definition) is 1. The molecule has 2 saturated heterocycles. The first-order chi connectivity index (χ1) is 29.5. The van der Waals surface area contributed by atoms with Crippen LogP contribution in [-0.4, -0.2) is 122 Å². The molecule has 2 unspecified atom stereocenters. The SMILES string of the molecule is CC(C)(C)OC(=O)N1CCN(C2c3ccc(Cl)cc3C(CBr)=Cc3cccnc32)CC1.CC(C)(C)OC(=O)N1CCN(C2c3ccc(Cl)cc3C(CO)=Cc3cccnc32)CC1. The zero-order chi connectivity index (χ0) is 44.3. The van der Waals surface area contributed by atoms with Crippen molar-refractivity contribution in [1.82, 2.24) is 29.6 Å². The number of benzene rings is 2. The normalized spacial score (nSPS) is 19.2. The zero-order valence-electron chi connectivity index (χ0n) is 36.2. The standard InChI is InChI=1S/C24H27BrClN3O2.C24H28ClN3O3/c1-24(2,3)31-23(30)29-11-9-28(10-12-29)22-19-7-6-18(26)14-20(19)17(15-25)13-16-5-4-8-27-21(16)22;1-24(2,3)31-23(30)28-11-9-27(10-12-28)22-19-7-6-18(25)14-20(19)17(15-29)13-16-5-4-8-26-21(16)22/h4-8,13-14,22H,9-12,15H2,1-3H3;4-8,13-14,22,29H,9-12,15H2,1-3H3. The molecule has 2 aliphatic carbocycles. The third-order valence-electron chi connectivity index (χ3n) is 11.2. The molecule has 2 aliphatic heterocycles. The number of aromatic nitrogens is 2. The lowest BCUT2D eigenvalue weighted by Gasteiger charge is -2.40. The average molecular weight is 947 g/mol. The number of nitrogens with zero attached hydrogens (tertiary/aromatic N) is 6. The summed E-state index contributed by atoms with van der Waals surface area (Å²) in [6, 6.07) is 19.8. The van der Waals surface area contributed by atoms with Gasteiger partial charge in [-0.15, -0.1) is 0 Å². The minimum atomic E-state index is -0.511. The third-order valence-corrected chi connectivity index (χ3v) is 12.3. The minimum absolute atomic E-state index is 0.00273. The van der Waals surface area contributed by atoms with Gasteiger partial charge < -0.3 is 24.4 Å². The van der Waals surface area contributed by atoms with Crippen molar-refractivity contribution in [3.8, 4) is 0 Å². The van der Waals surface area contributed by atoms with E-state index in [-0.39, 0.29) is 30.9 Å². The summed E-state index contributed by atoms with van der Waals surface area (Å²) < 4.78 is 11.1. The van der Waals surface area contributed by atoms with Crippen molar-refractivity contribution in [3.63, 3.8) is 0 Å². The molecule has 0 bridgehead atoms. The van der Waals surface area contributed by atoms with Crippen LogP contribution in [0.2, 0.25) is 10.0 Å². The lowest BCUT2D eigenvalue weighted by molar-refractivity contribution is 0.0109. The number of halogens is 3. The smallest absolute Gasteiger partial charge is 0.410 e. The molecule has 4 aromatic rings. The van der Waals surface area contributed by atoms with Gasteiger partial charge in [-0.3, -0.25) is 19.8 Å². The lowest BCUT2D eigenvalue weighted by atomic mass is 9.94. The molecule has 2 aromatic carbocycles. The number of hydrogen-bond acceptors (Lipinski definition) is 9. The van der Waals surface area contributed by atoms with E-state index in [1.54, 1.807) is 16.0 Å². The second kappa shape index (κ2) is 19.2. The predicted octanol–water partition coefficient (Wildman–Crippen LogP) is 9.85. The molecule has 62 heavy (non-hydrogen) atoms. The monoisotopic (exact) mass is 944 g/mol. The fourth-order valence-corrected chi connectivity index (χ4v) is 9.24. The van der Waals surface area contributed by atoms with Crippen molar-refractivity contribution in [1.29, 1.82) is 0 Å². The number of ether oxygens (including phenoxy) is 2. The Morgan fingerprint density at radius 3 is 1.45 bits per heavy atom. The molecule has 0 saturated carbocycles. The number of alkyl halides is 1. The van der Waals surface area contributed by atoms with Crippen molar-refractivity contribution in [2.45, 2.75) is 64.8 Å². The number of aliphatic hydroxyl groups excluding tert-OH is 1. The molecule has 2 fully saturated rings.